The van der Waals surface area contributed by atoms with Crippen LogP contribution in [0.3, 0.4) is 0 Å². The van der Waals surface area contributed by atoms with Gasteiger partial charge in [0.1, 0.15) is 0 Å². The highest BCUT2D eigenvalue weighted by Gasteiger charge is 2.06. The molecule has 0 unspecified atom stereocenters. The molecule has 2 aromatic rings. The molecule has 6 heteroatoms. The van der Waals surface area contributed by atoms with Crippen LogP contribution in [0.25, 0.3) is 5.69 Å². The minimum Gasteiger partial charge on any atom is -0.211 e. The molecule has 17 heavy (non-hydrogen) atoms. The first kappa shape index (κ1) is 12.8. The number of thioether (sulfide) groups is 1. The van der Waals surface area contributed by atoms with Crippen molar-refractivity contribution in [2.24, 2.45) is 0 Å². The van der Waals surface area contributed by atoms with Gasteiger partial charge in [0, 0.05) is 10.8 Å². The van der Waals surface area contributed by atoms with E-state index < -0.39 is 0 Å². The summed E-state index contributed by atoms with van der Waals surface area (Å²) in [6.07, 6.45) is 0. The molecule has 0 aliphatic rings. The molecule has 1 heterocycles. The molecule has 0 aliphatic heterocycles. The third kappa shape index (κ3) is 3.42. The summed E-state index contributed by atoms with van der Waals surface area (Å²) in [6.45, 7) is 3.65. The third-order valence-electron chi connectivity index (χ3n) is 1.88. The second-order valence-corrected chi connectivity index (χ2v) is 6.57. The molecule has 1 aromatic carbocycles. The number of benzene rings is 1. The Morgan fingerprint density at radius 3 is 2.82 bits per heavy atom. The van der Waals surface area contributed by atoms with E-state index in [2.05, 4.69) is 11.7 Å². The van der Waals surface area contributed by atoms with Gasteiger partial charge in [0.2, 0.25) is 0 Å². The predicted octanol–water partition coefficient (Wildman–Crippen LogP) is 4.51. The molecule has 2 rings (SSSR count). The van der Waals surface area contributed by atoms with E-state index in [-0.39, 0.29) is 0 Å². The van der Waals surface area contributed by atoms with Crippen molar-refractivity contribution in [1.82, 2.24) is 9.78 Å². The maximum absolute atomic E-state index is 5.72. The van der Waals surface area contributed by atoms with Crippen LogP contribution in [0.15, 0.2) is 46.3 Å². The van der Waals surface area contributed by atoms with Crippen molar-refractivity contribution in [3.05, 3.63) is 45.9 Å². The number of rotatable bonds is 4. The maximum atomic E-state index is 5.72. The highest BCUT2D eigenvalue weighted by Crippen LogP contribution is 2.25. The van der Waals surface area contributed by atoms with E-state index in [1.54, 1.807) is 16.4 Å². The molecule has 1 aromatic heterocycles. The number of halogens is 1. The zero-order valence-electron chi connectivity index (χ0n) is 8.80. The van der Waals surface area contributed by atoms with Crippen LogP contribution in [0.4, 0.5) is 0 Å². The standard InChI is InChI=1S/C11H9ClN2S3/c1-8(12)7-16-10-13-14(11(15)17-10)9-5-3-2-4-6-9/h2-6H,1,7H2. The fourth-order valence-electron chi connectivity index (χ4n) is 1.19. The van der Waals surface area contributed by atoms with Crippen LogP contribution in [0.1, 0.15) is 0 Å². The summed E-state index contributed by atoms with van der Waals surface area (Å²) in [4.78, 5) is 0. The maximum Gasteiger partial charge on any atom is 0.184 e. The Balaban J connectivity index is 2.26. The summed E-state index contributed by atoms with van der Waals surface area (Å²) in [5.41, 5.74) is 0.977. The summed E-state index contributed by atoms with van der Waals surface area (Å²) >= 11 is 14.0. The fourth-order valence-corrected chi connectivity index (χ4v) is 3.47. The van der Waals surface area contributed by atoms with Gasteiger partial charge >= 0.3 is 0 Å². The van der Waals surface area contributed by atoms with Crippen LogP contribution in [0, 0.1) is 3.95 Å². The first-order chi connectivity index (χ1) is 8.16. The average Bonchev–Trinajstić information content (AvgIpc) is 2.69. The van der Waals surface area contributed by atoms with Crippen molar-refractivity contribution < 1.29 is 0 Å². The zero-order valence-corrected chi connectivity index (χ0v) is 12.0. The molecular weight excluding hydrogens is 292 g/mol. The van der Waals surface area contributed by atoms with E-state index in [4.69, 9.17) is 23.8 Å². The van der Waals surface area contributed by atoms with E-state index in [0.29, 0.717) is 10.8 Å². The number of hydrogen-bond acceptors (Lipinski definition) is 4. The van der Waals surface area contributed by atoms with Crippen LogP contribution in [0.5, 0.6) is 0 Å². The van der Waals surface area contributed by atoms with Gasteiger partial charge in [0.05, 0.1) is 5.69 Å². The molecule has 0 fully saturated rings. The van der Waals surface area contributed by atoms with E-state index in [1.807, 2.05) is 30.3 Å². The van der Waals surface area contributed by atoms with Crippen molar-refractivity contribution in [2.75, 3.05) is 5.75 Å². The van der Waals surface area contributed by atoms with Gasteiger partial charge < -0.3 is 0 Å². The van der Waals surface area contributed by atoms with Gasteiger partial charge in [0.15, 0.2) is 8.29 Å². The van der Waals surface area contributed by atoms with Crippen molar-refractivity contribution in [2.45, 2.75) is 4.34 Å². The van der Waals surface area contributed by atoms with E-state index in [1.165, 1.54) is 11.3 Å². The monoisotopic (exact) mass is 300 g/mol. The Morgan fingerprint density at radius 2 is 2.18 bits per heavy atom. The largest absolute Gasteiger partial charge is 0.211 e. The van der Waals surface area contributed by atoms with Crippen molar-refractivity contribution in [1.29, 1.82) is 0 Å². The van der Waals surface area contributed by atoms with Crippen molar-refractivity contribution in [3.63, 3.8) is 0 Å². The molecule has 0 atom stereocenters. The lowest BCUT2D eigenvalue weighted by atomic mass is 10.3. The second-order valence-electron chi connectivity index (χ2n) is 3.19. The van der Waals surface area contributed by atoms with Gasteiger partial charge in [-0.3, -0.25) is 0 Å². The minimum atomic E-state index is 0.613. The summed E-state index contributed by atoms with van der Waals surface area (Å²) < 4.78 is 3.40. The van der Waals surface area contributed by atoms with Gasteiger partial charge in [-0.25, -0.2) is 4.68 Å². The number of para-hydroxylation sites is 1. The Bertz CT molecular complexity index is 574. The van der Waals surface area contributed by atoms with Gasteiger partial charge in [0.25, 0.3) is 0 Å². The lowest BCUT2D eigenvalue weighted by Crippen LogP contribution is -1.95. The Kier molecular flexibility index (Phi) is 4.39. The summed E-state index contributed by atoms with van der Waals surface area (Å²) in [6, 6.07) is 9.84. The van der Waals surface area contributed by atoms with Crippen LogP contribution >= 0.6 is 46.9 Å². The van der Waals surface area contributed by atoms with E-state index in [9.17, 15) is 0 Å². The third-order valence-corrected chi connectivity index (χ3v) is 4.63. The zero-order chi connectivity index (χ0) is 12.3. The second kappa shape index (κ2) is 5.82. The Hall–Kier alpha value is -0.620. The number of hydrogen-bond donors (Lipinski definition) is 0. The van der Waals surface area contributed by atoms with Crippen LogP contribution < -0.4 is 0 Å². The lowest BCUT2D eigenvalue weighted by Gasteiger charge is -1.98. The van der Waals surface area contributed by atoms with Crippen LogP contribution in [-0.2, 0) is 0 Å². The Labute approximate surface area is 118 Å². The van der Waals surface area contributed by atoms with E-state index >= 15 is 0 Å². The lowest BCUT2D eigenvalue weighted by molar-refractivity contribution is 0.829. The molecule has 2 nitrogen and oxygen atoms in total. The first-order valence-corrected chi connectivity index (χ1v) is 7.37. The topological polar surface area (TPSA) is 17.8 Å². The quantitative estimate of drug-likeness (QED) is 0.611. The van der Waals surface area contributed by atoms with Crippen molar-refractivity contribution >= 4 is 46.9 Å². The molecule has 0 bridgehead atoms. The van der Waals surface area contributed by atoms with E-state index in [0.717, 1.165) is 14.0 Å². The summed E-state index contributed by atoms with van der Waals surface area (Å²) in [5, 5.41) is 5.06. The SMILES string of the molecule is C=C(Cl)CSc1nn(-c2ccccc2)c(=S)s1. The molecule has 0 spiro atoms. The van der Waals surface area contributed by atoms with Gasteiger partial charge in [-0.2, -0.15) is 0 Å². The number of aromatic nitrogens is 2. The van der Waals surface area contributed by atoms with Crippen molar-refractivity contribution in [3.8, 4) is 5.69 Å². The normalized spacial score (nSPS) is 10.4. The predicted molar refractivity (Wildman–Crippen MR) is 78.0 cm³/mol. The summed E-state index contributed by atoms with van der Waals surface area (Å²) in [5.74, 6) is 0.651. The number of nitrogens with zero attached hydrogens (tertiary/aromatic N) is 2. The molecule has 88 valence electrons. The average molecular weight is 301 g/mol. The van der Waals surface area contributed by atoms with Gasteiger partial charge in [-0.1, -0.05) is 59.5 Å². The molecule has 0 radical (unpaired) electrons. The Morgan fingerprint density at radius 1 is 1.47 bits per heavy atom. The first-order valence-electron chi connectivity index (χ1n) is 4.78. The molecule has 0 N–H and O–H groups in total. The smallest absolute Gasteiger partial charge is 0.184 e. The van der Waals surface area contributed by atoms with Crippen LogP contribution in [0.2, 0.25) is 0 Å². The fraction of sp³-hybridized carbons (Fsp3) is 0.0909. The highest BCUT2D eigenvalue weighted by molar-refractivity contribution is 8.01. The molecule has 0 saturated heterocycles. The highest BCUT2D eigenvalue weighted by atomic mass is 35.5. The summed E-state index contributed by atoms with van der Waals surface area (Å²) in [7, 11) is 0. The molecular formula is C11H9ClN2S3. The molecule has 0 aliphatic carbocycles. The van der Waals surface area contributed by atoms with Crippen LogP contribution in [-0.4, -0.2) is 15.5 Å². The molecule has 0 amide bonds. The van der Waals surface area contributed by atoms with Gasteiger partial charge in [-0.15, -0.1) is 5.10 Å². The van der Waals surface area contributed by atoms with Gasteiger partial charge in [-0.05, 0) is 24.4 Å². The minimum absolute atomic E-state index is 0.613. The molecule has 0 saturated carbocycles.